The largest absolute Gasteiger partial charge is 0.497 e. The van der Waals surface area contributed by atoms with Gasteiger partial charge in [0, 0.05) is 17.5 Å². The average molecular weight is 543 g/mol. The van der Waals surface area contributed by atoms with E-state index in [0.717, 1.165) is 24.8 Å². The number of aliphatic carboxylic acids is 1. The molecule has 1 N–H and O–H groups in total. The second-order valence-corrected chi connectivity index (χ2v) is 10.2. The smallest absolute Gasteiger partial charge is 0.303 e. The van der Waals surface area contributed by atoms with Crippen molar-refractivity contribution in [3.05, 3.63) is 82.7 Å². The summed E-state index contributed by atoms with van der Waals surface area (Å²) < 4.78 is 56.2. The summed E-state index contributed by atoms with van der Waals surface area (Å²) in [5.41, 5.74) is 1.95. The van der Waals surface area contributed by atoms with Crippen molar-refractivity contribution in [1.29, 1.82) is 0 Å². The highest BCUT2D eigenvalue weighted by Gasteiger charge is 2.37. The van der Waals surface area contributed by atoms with Gasteiger partial charge in [-0.1, -0.05) is 46.2 Å². The van der Waals surface area contributed by atoms with Gasteiger partial charge >= 0.3 is 5.97 Å². The van der Waals surface area contributed by atoms with Gasteiger partial charge in [-0.2, -0.15) is 0 Å². The first kappa shape index (κ1) is 30.1. The number of carboxylic acid groups (broad SMARTS) is 1. The van der Waals surface area contributed by atoms with Crippen molar-refractivity contribution in [3.8, 4) is 22.6 Å². The molecule has 1 fully saturated rings. The van der Waals surface area contributed by atoms with Crippen LogP contribution < -0.4 is 9.47 Å². The summed E-state index contributed by atoms with van der Waals surface area (Å²) in [7, 11) is 1.49. The summed E-state index contributed by atoms with van der Waals surface area (Å²) in [5, 5.41) is 8.90. The van der Waals surface area contributed by atoms with Crippen LogP contribution in [0.2, 0.25) is 0 Å². The number of ether oxygens (including phenoxy) is 2. The van der Waals surface area contributed by atoms with E-state index in [1.807, 2.05) is 13.8 Å². The van der Waals surface area contributed by atoms with E-state index in [2.05, 4.69) is 13.8 Å². The predicted molar refractivity (Wildman–Crippen MR) is 147 cm³/mol. The molecule has 3 aromatic rings. The first-order chi connectivity index (χ1) is 18.6. The Balaban J connectivity index is 0.00000205. The number of benzene rings is 3. The molecule has 0 spiro atoms. The van der Waals surface area contributed by atoms with Crippen molar-refractivity contribution in [2.45, 2.75) is 72.3 Å². The third-order valence-electron chi connectivity index (χ3n) is 7.35. The molecule has 39 heavy (non-hydrogen) atoms. The highest BCUT2D eigenvalue weighted by atomic mass is 19.1. The lowest BCUT2D eigenvalue weighted by Gasteiger charge is -2.30. The van der Waals surface area contributed by atoms with E-state index in [1.54, 1.807) is 18.2 Å². The molecule has 0 heterocycles. The zero-order valence-electron chi connectivity index (χ0n) is 23.2. The van der Waals surface area contributed by atoms with Crippen LogP contribution >= 0.6 is 0 Å². The molecule has 3 aromatic carbocycles. The molecule has 0 amide bonds. The maximum absolute atomic E-state index is 15.4. The first-order valence-corrected chi connectivity index (χ1v) is 13.4. The maximum Gasteiger partial charge on any atom is 0.303 e. The molecule has 0 saturated heterocycles. The summed E-state index contributed by atoms with van der Waals surface area (Å²) in [6.07, 6.45) is 2.70. The van der Waals surface area contributed by atoms with Gasteiger partial charge in [0.15, 0.2) is 11.6 Å². The summed E-state index contributed by atoms with van der Waals surface area (Å²) in [6.45, 7) is 8.09. The molecule has 1 atom stereocenters. The molecule has 4 rings (SSSR count). The van der Waals surface area contributed by atoms with Crippen LogP contribution in [0, 0.1) is 22.9 Å². The van der Waals surface area contributed by atoms with Crippen LogP contribution in [0.25, 0.3) is 11.1 Å². The molecule has 1 unspecified atom stereocenters. The minimum atomic E-state index is -1.03. The number of rotatable bonds is 9. The molecular weight excluding hydrogens is 505 g/mol. The first-order valence-electron chi connectivity index (χ1n) is 13.4. The zero-order valence-corrected chi connectivity index (χ0v) is 23.2. The molecule has 0 aromatic heterocycles. The normalized spacial score (nSPS) is 15.8. The number of carbonyl (C=O) groups is 1. The van der Waals surface area contributed by atoms with Crippen molar-refractivity contribution in [3.63, 3.8) is 0 Å². The van der Waals surface area contributed by atoms with E-state index in [-0.39, 0.29) is 53.2 Å². The molecule has 1 saturated carbocycles. The third-order valence-corrected chi connectivity index (χ3v) is 7.35. The fourth-order valence-corrected chi connectivity index (χ4v) is 5.27. The van der Waals surface area contributed by atoms with Crippen LogP contribution in [0.5, 0.6) is 11.5 Å². The van der Waals surface area contributed by atoms with Crippen LogP contribution in [-0.2, 0) is 17.8 Å². The van der Waals surface area contributed by atoms with Gasteiger partial charge in [-0.3, -0.25) is 4.79 Å². The third kappa shape index (κ3) is 6.94. The number of hydrogen-bond acceptors (Lipinski definition) is 3. The minimum Gasteiger partial charge on any atom is -0.497 e. The van der Waals surface area contributed by atoms with Crippen molar-refractivity contribution < 1.29 is 32.5 Å². The SMILES string of the molecule is CC.COc1ccc(F)c(-c2cc(F)c(COc3cccc(CCC(=O)O)c3F)cc2C2CCCC2(C)C)c1. The Labute approximate surface area is 228 Å². The van der Waals surface area contributed by atoms with Gasteiger partial charge in [0.1, 0.15) is 24.0 Å². The molecule has 4 nitrogen and oxygen atoms in total. The monoisotopic (exact) mass is 542 g/mol. The van der Waals surface area contributed by atoms with Crippen molar-refractivity contribution in [2.75, 3.05) is 7.11 Å². The average Bonchev–Trinajstić information content (AvgIpc) is 3.27. The number of halogens is 3. The van der Waals surface area contributed by atoms with Crippen LogP contribution in [0.1, 0.15) is 76.0 Å². The number of hydrogen-bond donors (Lipinski definition) is 1. The Kier molecular flexibility index (Phi) is 10.1. The molecule has 7 heteroatoms. The molecule has 210 valence electrons. The van der Waals surface area contributed by atoms with E-state index >= 15 is 4.39 Å². The summed E-state index contributed by atoms with van der Waals surface area (Å²) in [6, 6.07) is 12.0. The van der Waals surface area contributed by atoms with Crippen LogP contribution in [0.4, 0.5) is 13.2 Å². The molecule has 0 aliphatic heterocycles. The van der Waals surface area contributed by atoms with Crippen molar-refractivity contribution in [1.82, 2.24) is 0 Å². The fraction of sp³-hybridized carbons (Fsp3) is 0.406. The molecule has 1 aliphatic rings. The lowest BCUT2D eigenvalue weighted by Crippen LogP contribution is -2.17. The van der Waals surface area contributed by atoms with Gasteiger partial charge in [-0.15, -0.1) is 0 Å². The standard InChI is InChI=1S/C30H31F3O4.C2H6/c1-30(2)13-5-7-24(30)22-14-19(17-37-27-8-4-6-18(29(27)33)9-12-28(34)35)26(32)16-21(22)23-15-20(36-3)10-11-25(23)31;1-2/h4,6,8,10-11,14-16,24H,5,7,9,12-13,17H2,1-3H3,(H,34,35);1-2H3. The van der Waals surface area contributed by atoms with E-state index in [1.165, 1.54) is 37.4 Å². The molecular formula is C32H37F3O4. The van der Waals surface area contributed by atoms with Gasteiger partial charge in [-0.25, -0.2) is 13.2 Å². The fourth-order valence-electron chi connectivity index (χ4n) is 5.27. The Morgan fingerprint density at radius 3 is 2.38 bits per heavy atom. The second kappa shape index (κ2) is 13.0. The molecule has 0 radical (unpaired) electrons. The summed E-state index contributed by atoms with van der Waals surface area (Å²) in [4.78, 5) is 10.9. The Morgan fingerprint density at radius 1 is 1.00 bits per heavy atom. The maximum atomic E-state index is 15.4. The number of aryl methyl sites for hydroxylation is 1. The van der Waals surface area contributed by atoms with Gasteiger partial charge in [0.2, 0.25) is 0 Å². The van der Waals surface area contributed by atoms with E-state index in [9.17, 15) is 13.6 Å². The van der Waals surface area contributed by atoms with Crippen LogP contribution in [0.3, 0.4) is 0 Å². The number of methoxy groups -OCH3 is 1. The highest BCUT2D eigenvalue weighted by Crippen LogP contribution is 2.51. The molecule has 0 bridgehead atoms. The lowest BCUT2D eigenvalue weighted by atomic mass is 9.75. The van der Waals surface area contributed by atoms with E-state index in [4.69, 9.17) is 14.6 Å². The van der Waals surface area contributed by atoms with Crippen LogP contribution in [-0.4, -0.2) is 18.2 Å². The van der Waals surface area contributed by atoms with Gasteiger partial charge in [-0.05, 0) is 83.7 Å². The zero-order chi connectivity index (χ0) is 28.7. The molecule has 1 aliphatic carbocycles. The van der Waals surface area contributed by atoms with E-state index in [0.29, 0.717) is 11.3 Å². The number of carboxylic acids is 1. The van der Waals surface area contributed by atoms with Crippen molar-refractivity contribution in [2.24, 2.45) is 5.41 Å². The quantitative estimate of drug-likeness (QED) is 0.294. The van der Waals surface area contributed by atoms with Gasteiger partial charge in [0.25, 0.3) is 0 Å². The van der Waals surface area contributed by atoms with Crippen molar-refractivity contribution >= 4 is 5.97 Å². The highest BCUT2D eigenvalue weighted by molar-refractivity contribution is 5.71. The Hall–Kier alpha value is -3.48. The van der Waals surface area contributed by atoms with E-state index < -0.39 is 23.4 Å². The summed E-state index contributed by atoms with van der Waals surface area (Å²) >= 11 is 0. The van der Waals surface area contributed by atoms with Gasteiger partial charge in [0.05, 0.1) is 7.11 Å². The second-order valence-electron chi connectivity index (χ2n) is 10.2. The minimum absolute atomic E-state index is 0.0223. The Morgan fingerprint density at radius 2 is 1.74 bits per heavy atom. The van der Waals surface area contributed by atoms with Crippen LogP contribution in [0.15, 0.2) is 48.5 Å². The predicted octanol–water partition coefficient (Wildman–Crippen LogP) is 8.70. The summed E-state index contributed by atoms with van der Waals surface area (Å²) in [5.74, 6) is -2.27. The Bertz CT molecular complexity index is 1300. The topological polar surface area (TPSA) is 55.8 Å². The van der Waals surface area contributed by atoms with Gasteiger partial charge < -0.3 is 14.6 Å². The lowest BCUT2D eigenvalue weighted by molar-refractivity contribution is -0.136.